The Morgan fingerprint density at radius 3 is 2.65 bits per heavy atom. The van der Waals surface area contributed by atoms with Crippen molar-refractivity contribution in [3.63, 3.8) is 0 Å². The molecule has 2 nitrogen and oxygen atoms in total. The van der Waals surface area contributed by atoms with Crippen molar-refractivity contribution in [2.24, 2.45) is 0 Å². The van der Waals surface area contributed by atoms with Gasteiger partial charge in [-0.05, 0) is 56.7 Å². The number of aromatic nitrogens is 1. The third-order valence-corrected chi connectivity index (χ3v) is 4.39. The zero-order chi connectivity index (χ0) is 14.5. The molecular formula is C14H10BrCl2IN2. The second kappa shape index (κ2) is 7.64. The predicted molar refractivity (Wildman–Crippen MR) is 98.6 cm³/mol. The monoisotopic (exact) mass is 482 g/mol. The number of rotatable bonds is 4. The minimum Gasteiger partial charge on any atom is -0.366 e. The van der Waals surface area contributed by atoms with Gasteiger partial charge in [-0.3, -0.25) is 0 Å². The zero-order valence-electron chi connectivity index (χ0n) is 10.2. The summed E-state index contributed by atoms with van der Waals surface area (Å²) in [5.41, 5.74) is 0.830. The molecule has 1 aromatic carbocycles. The Balaban J connectivity index is 2.01. The number of benzene rings is 1. The summed E-state index contributed by atoms with van der Waals surface area (Å²) in [4.78, 5) is 4.31. The molecule has 0 saturated heterocycles. The van der Waals surface area contributed by atoms with E-state index in [1.54, 1.807) is 6.20 Å². The molecule has 0 saturated carbocycles. The summed E-state index contributed by atoms with van der Waals surface area (Å²) >= 11 is 17.8. The molecule has 0 fully saturated rings. The summed E-state index contributed by atoms with van der Waals surface area (Å²) in [6, 6.07) is 7.47. The lowest BCUT2D eigenvalue weighted by atomic mass is 10.2. The fourth-order valence-electron chi connectivity index (χ4n) is 1.55. The van der Waals surface area contributed by atoms with Crippen LogP contribution in [-0.4, -0.2) is 11.5 Å². The molecule has 1 heterocycles. The van der Waals surface area contributed by atoms with Crippen molar-refractivity contribution >= 4 is 73.6 Å². The van der Waals surface area contributed by atoms with Gasteiger partial charge in [-0.2, -0.15) is 0 Å². The Hall–Kier alpha value is -0.300. The van der Waals surface area contributed by atoms with Crippen LogP contribution in [0.25, 0.3) is 6.08 Å². The van der Waals surface area contributed by atoms with Crippen LogP contribution in [0.3, 0.4) is 0 Å². The molecule has 0 atom stereocenters. The van der Waals surface area contributed by atoms with Crippen LogP contribution in [0.2, 0.25) is 10.0 Å². The van der Waals surface area contributed by atoms with Crippen molar-refractivity contribution in [2.45, 2.75) is 0 Å². The first-order valence-electron chi connectivity index (χ1n) is 5.73. The van der Waals surface area contributed by atoms with Gasteiger partial charge in [0, 0.05) is 32.8 Å². The number of pyridine rings is 1. The van der Waals surface area contributed by atoms with Gasteiger partial charge in [0.1, 0.15) is 5.82 Å². The average molecular weight is 484 g/mol. The van der Waals surface area contributed by atoms with E-state index in [1.807, 2.05) is 36.4 Å². The van der Waals surface area contributed by atoms with Gasteiger partial charge in [0.25, 0.3) is 0 Å². The van der Waals surface area contributed by atoms with Crippen molar-refractivity contribution in [1.29, 1.82) is 0 Å². The maximum atomic E-state index is 6.09. The van der Waals surface area contributed by atoms with Crippen molar-refractivity contribution in [1.82, 2.24) is 4.98 Å². The normalized spacial score (nSPS) is 11.0. The summed E-state index contributed by atoms with van der Waals surface area (Å²) in [6.07, 6.45) is 5.63. The lowest BCUT2D eigenvalue weighted by Crippen LogP contribution is -2.02. The molecule has 0 unspecified atom stereocenters. The molecule has 0 amide bonds. The molecule has 0 aliphatic heterocycles. The summed E-state index contributed by atoms with van der Waals surface area (Å²) in [7, 11) is 0. The Labute approximate surface area is 149 Å². The van der Waals surface area contributed by atoms with Crippen molar-refractivity contribution < 1.29 is 0 Å². The topological polar surface area (TPSA) is 24.9 Å². The van der Waals surface area contributed by atoms with Gasteiger partial charge in [0.2, 0.25) is 0 Å². The highest BCUT2D eigenvalue weighted by atomic mass is 127. The molecule has 104 valence electrons. The largest absolute Gasteiger partial charge is 0.366 e. The molecule has 0 radical (unpaired) electrons. The number of hydrogen-bond acceptors (Lipinski definition) is 2. The van der Waals surface area contributed by atoms with E-state index < -0.39 is 0 Å². The van der Waals surface area contributed by atoms with Crippen LogP contribution in [0, 0.1) is 3.57 Å². The van der Waals surface area contributed by atoms with Gasteiger partial charge in [-0.25, -0.2) is 4.98 Å². The molecule has 2 aromatic rings. The van der Waals surface area contributed by atoms with E-state index in [0.717, 1.165) is 19.4 Å². The molecule has 20 heavy (non-hydrogen) atoms. The summed E-state index contributed by atoms with van der Waals surface area (Å²) < 4.78 is 2.02. The van der Waals surface area contributed by atoms with Gasteiger partial charge >= 0.3 is 0 Å². The Morgan fingerprint density at radius 2 is 2.00 bits per heavy atom. The highest BCUT2D eigenvalue weighted by Gasteiger charge is 2.02. The Morgan fingerprint density at radius 1 is 1.30 bits per heavy atom. The Kier molecular flexibility index (Phi) is 6.14. The van der Waals surface area contributed by atoms with Crippen LogP contribution in [0.5, 0.6) is 0 Å². The molecule has 0 aliphatic rings. The number of nitrogens with zero attached hydrogens (tertiary/aromatic N) is 1. The van der Waals surface area contributed by atoms with Crippen molar-refractivity contribution in [3.8, 4) is 0 Å². The smallest absolute Gasteiger partial charge is 0.139 e. The molecule has 0 bridgehead atoms. The number of halogens is 4. The highest BCUT2D eigenvalue weighted by Crippen LogP contribution is 2.25. The first-order valence-corrected chi connectivity index (χ1v) is 8.36. The van der Waals surface area contributed by atoms with E-state index in [1.165, 1.54) is 0 Å². The minimum atomic E-state index is 0.644. The van der Waals surface area contributed by atoms with Crippen LogP contribution < -0.4 is 5.32 Å². The van der Waals surface area contributed by atoms with E-state index in [0.29, 0.717) is 16.6 Å². The van der Waals surface area contributed by atoms with Crippen molar-refractivity contribution in [3.05, 3.63) is 60.2 Å². The van der Waals surface area contributed by atoms with E-state index in [2.05, 4.69) is 48.8 Å². The molecule has 6 heteroatoms. The first kappa shape index (κ1) is 16.1. The van der Waals surface area contributed by atoms with Crippen LogP contribution in [0.15, 0.2) is 41.0 Å². The lowest BCUT2D eigenvalue weighted by molar-refractivity contribution is 1.21. The maximum Gasteiger partial charge on any atom is 0.139 e. The quantitative estimate of drug-likeness (QED) is 0.549. The second-order valence-corrected chi connectivity index (χ2v) is 6.79. The Bertz CT molecular complexity index is 627. The van der Waals surface area contributed by atoms with Crippen LogP contribution in [0.4, 0.5) is 5.82 Å². The van der Waals surface area contributed by atoms with Gasteiger partial charge in [-0.1, -0.05) is 41.4 Å². The highest BCUT2D eigenvalue weighted by molar-refractivity contribution is 14.1. The standard InChI is InChI=1S/C14H10BrCl2IN2/c15-9-7-13(18)14(20-8-9)19-6-2-3-10-11(16)4-1-5-12(10)17/h1-5,7-8H,6H2,(H,19,20). The molecule has 0 aliphatic carbocycles. The van der Waals surface area contributed by atoms with Crippen LogP contribution in [-0.2, 0) is 0 Å². The third-order valence-electron chi connectivity index (χ3n) is 2.48. The van der Waals surface area contributed by atoms with Crippen molar-refractivity contribution in [2.75, 3.05) is 11.9 Å². The average Bonchev–Trinajstić information content (AvgIpc) is 2.39. The fourth-order valence-corrected chi connectivity index (χ4v) is 3.50. The SMILES string of the molecule is Clc1cccc(Cl)c1C=CCNc1ncc(Br)cc1I. The summed E-state index contributed by atoms with van der Waals surface area (Å²) in [6.45, 7) is 0.645. The molecule has 0 spiro atoms. The maximum absolute atomic E-state index is 6.09. The van der Waals surface area contributed by atoms with Crippen LogP contribution >= 0.6 is 61.7 Å². The van der Waals surface area contributed by atoms with Gasteiger partial charge < -0.3 is 5.32 Å². The minimum absolute atomic E-state index is 0.644. The van der Waals surface area contributed by atoms with E-state index in [4.69, 9.17) is 23.2 Å². The zero-order valence-corrected chi connectivity index (χ0v) is 15.5. The fraction of sp³-hybridized carbons (Fsp3) is 0.0714. The third kappa shape index (κ3) is 4.35. The van der Waals surface area contributed by atoms with E-state index >= 15 is 0 Å². The van der Waals surface area contributed by atoms with Gasteiger partial charge in [-0.15, -0.1) is 0 Å². The molecule has 2 rings (SSSR count). The molecule has 1 N–H and O–H groups in total. The summed E-state index contributed by atoms with van der Waals surface area (Å²) in [5.74, 6) is 0.851. The number of anilines is 1. The van der Waals surface area contributed by atoms with E-state index in [9.17, 15) is 0 Å². The second-order valence-electron chi connectivity index (χ2n) is 3.90. The summed E-state index contributed by atoms with van der Waals surface area (Å²) in [5, 5.41) is 4.52. The lowest BCUT2D eigenvalue weighted by Gasteiger charge is -2.05. The van der Waals surface area contributed by atoms with E-state index in [-0.39, 0.29) is 0 Å². The van der Waals surface area contributed by atoms with Gasteiger partial charge in [0.05, 0.1) is 3.57 Å². The molecular weight excluding hydrogens is 474 g/mol. The number of nitrogens with one attached hydrogen (secondary N) is 1. The van der Waals surface area contributed by atoms with Crippen LogP contribution in [0.1, 0.15) is 5.56 Å². The molecule has 1 aromatic heterocycles. The van der Waals surface area contributed by atoms with Gasteiger partial charge in [0.15, 0.2) is 0 Å². The number of hydrogen-bond donors (Lipinski definition) is 1. The first-order chi connectivity index (χ1) is 9.58. The predicted octanol–water partition coefficient (Wildman–Crippen LogP) is 5.88.